The van der Waals surface area contributed by atoms with Gasteiger partial charge in [-0.05, 0) is 33.5 Å². The summed E-state index contributed by atoms with van der Waals surface area (Å²) in [6.45, 7) is 6.30. The number of alkyl halides is 3. The standard InChI is InChI=1S/C11H19F3O5Si/c1-6-17-8(15)10(11(12,13)14,9(16)18-7-2)19-20(3,4)5/h6-7H2,1-5H3. The predicted octanol–water partition coefficient (Wildman–Crippen LogP) is 2.27. The highest BCUT2D eigenvalue weighted by Gasteiger charge is 2.71. The van der Waals surface area contributed by atoms with E-state index in [1.54, 1.807) is 0 Å². The highest BCUT2D eigenvalue weighted by Crippen LogP contribution is 2.38. The zero-order chi connectivity index (χ0) is 16.2. The molecule has 0 aliphatic heterocycles. The Bertz CT molecular complexity index is 344. The molecule has 0 aromatic heterocycles. The highest BCUT2D eigenvalue weighted by molar-refractivity contribution is 6.70. The fraction of sp³-hybridized carbons (Fsp3) is 0.818. The zero-order valence-electron chi connectivity index (χ0n) is 12.1. The molecule has 0 aromatic rings. The van der Waals surface area contributed by atoms with Gasteiger partial charge in [0.25, 0.3) is 0 Å². The van der Waals surface area contributed by atoms with Gasteiger partial charge in [0.05, 0.1) is 13.2 Å². The van der Waals surface area contributed by atoms with Gasteiger partial charge in [0, 0.05) is 0 Å². The van der Waals surface area contributed by atoms with Crippen LogP contribution in [0.5, 0.6) is 0 Å². The molecule has 0 bridgehead atoms. The molecule has 9 heteroatoms. The molecule has 0 rings (SSSR count). The fourth-order valence-corrected chi connectivity index (χ4v) is 2.58. The van der Waals surface area contributed by atoms with Crippen LogP contribution < -0.4 is 0 Å². The smallest absolute Gasteiger partial charge is 0.438 e. The molecule has 0 aliphatic rings. The number of ether oxygens (including phenoxy) is 2. The maximum atomic E-state index is 13.3. The molecule has 0 radical (unpaired) electrons. The van der Waals surface area contributed by atoms with Crippen molar-refractivity contribution in [3.63, 3.8) is 0 Å². The topological polar surface area (TPSA) is 61.8 Å². The van der Waals surface area contributed by atoms with Crippen LogP contribution in [0.1, 0.15) is 13.8 Å². The minimum atomic E-state index is -5.27. The summed E-state index contributed by atoms with van der Waals surface area (Å²) in [6.07, 6.45) is -5.27. The molecule has 0 aliphatic carbocycles. The Labute approximate surface area is 116 Å². The van der Waals surface area contributed by atoms with Gasteiger partial charge < -0.3 is 13.9 Å². The molecule has 5 nitrogen and oxygen atoms in total. The van der Waals surface area contributed by atoms with Crippen LogP contribution in [-0.4, -0.2) is 45.2 Å². The van der Waals surface area contributed by atoms with Crippen molar-refractivity contribution in [1.29, 1.82) is 0 Å². The number of hydrogen-bond donors (Lipinski definition) is 0. The minimum absolute atomic E-state index is 0.314. The monoisotopic (exact) mass is 316 g/mol. The molecule has 0 atom stereocenters. The van der Waals surface area contributed by atoms with E-state index in [-0.39, 0.29) is 13.2 Å². The molecule has 0 heterocycles. The van der Waals surface area contributed by atoms with Crippen LogP contribution in [0.25, 0.3) is 0 Å². The summed E-state index contributed by atoms with van der Waals surface area (Å²) >= 11 is 0. The first kappa shape index (κ1) is 18.9. The third kappa shape index (κ3) is 4.20. The lowest BCUT2D eigenvalue weighted by Gasteiger charge is -2.35. The summed E-state index contributed by atoms with van der Waals surface area (Å²) in [6, 6.07) is 0. The van der Waals surface area contributed by atoms with E-state index in [9.17, 15) is 22.8 Å². The Kier molecular flexibility index (Phi) is 6.21. The van der Waals surface area contributed by atoms with Crippen LogP contribution in [0, 0.1) is 0 Å². The average molecular weight is 316 g/mol. The zero-order valence-corrected chi connectivity index (χ0v) is 13.1. The van der Waals surface area contributed by atoms with Crippen molar-refractivity contribution < 1.29 is 36.7 Å². The Morgan fingerprint density at radius 1 is 0.950 bits per heavy atom. The second-order valence-electron chi connectivity index (χ2n) is 4.83. The van der Waals surface area contributed by atoms with Crippen LogP contribution in [0.4, 0.5) is 13.2 Å². The number of rotatable bonds is 6. The summed E-state index contributed by atoms with van der Waals surface area (Å²) in [5.41, 5.74) is -3.72. The number of esters is 2. The van der Waals surface area contributed by atoms with Gasteiger partial charge >= 0.3 is 23.7 Å². The van der Waals surface area contributed by atoms with Gasteiger partial charge in [-0.3, -0.25) is 0 Å². The van der Waals surface area contributed by atoms with Gasteiger partial charge in [0.2, 0.25) is 0 Å². The van der Waals surface area contributed by atoms with Crippen LogP contribution in [0.2, 0.25) is 19.6 Å². The molecule has 0 spiro atoms. The van der Waals surface area contributed by atoms with Crippen LogP contribution in [-0.2, 0) is 23.5 Å². The SMILES string of the molecule is CCOC(=O)C(O[Si](C)(C)C)(C(=O)OCC)C(F)(F)F. The second-order valence-corrected chi connectivity index (χ2v) is 9.26. The van der Waals surface area contributed by atoms with Crippen molar-refractivity contribution in [2.45, 2.75) is 45.3 Å². The van der Waals surface area contributed by atoms with Crippen molar-refractivity contribution in [2.24, 2.45) is 0 Å². The Hall–Kier alpha value is -1.09. The molecule has 0 N–H and O–H groups in total. The quantitative estimate of drug-likeness (QED) is 0.427. The van der Waals surface area contributed by atoms with Crippen LogP contribution >= 0.6 is 0 Å². The molecule has 0 amide bonds. The maximum Gasteiger partial charge on any atom is 0.438 e. The van der Waals surface area contributed by atoms with E-state index in [1.807, 2.05) is 0 Å². The third-order valence-corrected chi connectivity index (χ3v) is 2.90. The Balaban J connectivity index is 5.91. The highest BCUT2D eigenvalue weighted by atomic mass is 28.4. The molecule has 0 saturated heterocycles. The molecule has 0 unspecified atom stereocenters. The van der Waals surface area contributed by atoms with Crippen molar-refractivity contribution in [1.82, 2.24) is 0 Å². The number of carbonyl (C=O) groups excluding carboxylic acids is 2. The van der Waals surface area contributed by atoms with Crippen LogP contribution in [0.15, 0.2) is 0 Å². The lowest BCUT2D eigenvalue weighted by molar-refractivity contribution is -0.258. The fourth-order valence-electron chi connectivity index (χ4n) is 1.38. The number of hydrogen-bond acceptors (Lipinski definition) is 5. The van der Waals surface area contributed by atoms with E-state index < -0.39 is 32.0 Å². The van der Waals surface area contributed by atoms with Gasteiger partial charge in [-0.15, -0.1) is 0 Å². The van der Waals surface area contributed by atoms with E-state index in [0.29, 0.717) is 0 Å². The predicted molar refractivity (Wildman–Crippen MR) is 66.5 cm³/mol. The first-order chi connectivity index (χ1) is 8.92. The number of halogens is 3. The van der Waals surface area contributed by atoms with E-state index in [1.165, 1.54) is 33.5 Å². The van der Waals surface area contributed by atoms with Crippen molar-refractivity contribution in [2.75, 3.05) is 13.2 Å². The van der Waals surface area contributed by atoms with Gasteiger partial charge in [-0.2, -0.15) is 13.2 Å². The average Bonchev–Trinajstić information content (AvgIpc) is 2.23. The normalized spacial score (nSPS) is 13.0. The summed E-state index contributed by atoms with van der Waals surface area (Å²) < 4.78 is 53.7. The van der Waals surface area contributed by atoms with E-state index in [4.69, 9.17) is 4.43 Å². The van der Waals surface area contributed by atoms with E-state index in [2.05, 4.69) is 9.47 Å². The molecular formula is C11H19F3O5Si. The van der Waals surface area contributed by atoms with Gasteiger partial charge in [0.1, 0.15) is 0 Å². The molecule has 118 valence electrons. The van der Waals surface area contributed by atoms with Gasteiger partial charge in [-0.25, -0.2) is 9.59 Å². The molecular weight excluding hydrogens is 297 g/mol. The summed E-state index contributed by atoms with van der Waals surface area (Å²) in [5, 5.41) is 0. The van der Waals surface area contributed by atoms with Gasteiger partial charge in [-0.1, -0.05) is 0 Å². The first-order valence-corrected chi connectivity index (χ1v) is 9.44. The lowest BCUT2D eigenvalue weighted by Crippen LogP contribution is -2.64. The summed E-state index contributed by atoms with van der Waals surface area (Å²) in [7, 11) is -2.91. The van der Waals surface area contributed by atoms with Crippen molar-refractivity contribution in [3.05, 3.63) is 0 Å². The molecule has 0 saturated carbocycles. The second kappa shape index (κ2) is 6.57. The van der Waals surface area contributed by atoms with Gasteiger partial charge in [0.15, 0.2) is 8.32 Å². The largest absolute Gasteiger partial charge is 0.463 e. The van der Waals surface area contributed by atoms with Crippen LogP contribution in [0.3, 0.4) is 0 Å². The lowest BCUT2D eigenvalue weighted by atomic mass is 10.0. The first-order valence-electron chi connectivity index (χ1n) is 6.03. The van der Waals surface area contributed by atoms with Crippen molar-refractivity contribution in [3.8, 4) is 0 Å². The number of carbonyl (C=O) groups is 2. The van der Waals surface area contributed by atoms with Crippen molar-refractivity contribution >= 4 is 20.3 Å². The summed E-state index contributed by atoms with van der Waals surface area (Å²) in [4.78, 5) is 23.5. The third-order valence-electron chi connectivity index (χ3n) is 1.98. The van der Waals surface area contributed by atoms with E-state index >= 15 is 0 Å². The Morgan fingerprint density at radius 2 is 1.30 bits per heavy atom. The molecule has 0 aromatic carbocycles. The maximum absolute atomic E-state index is 13.3. The summed E-state index contributed by atoms with van der Waals surface area (Å²) in [5.74, 6) is -3.60. The molecule has 20 heavy (non-hydrogen) atoms. The minimum Gasteiger partial charge on any atom is -0.463 e. The van der Waals surface area contributed by atoms with E-state index in [0.717, 1.165) is 0 Å². The Morgan fingerprint density at radius 3 is 1.50 bits per heavy atom. The molecule has 0 fully saturated rings.